The molecule has 2 heteroatoms. The highest BCUT2D eigenvalue weighted by Gasteiger charge is 2.05. The van der Waals surface area contributed by atoms with Crippen LogP contribution in [0.1, 0.15) is 21.5 Å². The molecule has 0 aromatic heterocycles. The Morgan fingerprint density at radius 2 is 1.82 bits per heavy atom. The van der Waals surface area contributed by atoms with Crippen molar-refractivity contribution in [3.63, 3.8) is 0 Å². The summed E-state index contributed by atoms with van der Waals surface area (Å²) in [5, 5.41) is 0. The molecule has 0 aliphatic carbocycles. The van der Waals surface area contributed by atoms with Crippen molar-refractivity contribution in [2.75, 3.05) is 0 Å². The standard InChI is InChI=1S/C15H14O2/c1-12-6-5-9-15(14(12)10-16)17-11-13-7-3-2-4-8-13/h2-10H,11H2,1H3. The largest absolute Gasteiger partial charge is 0.488 e. The van der Waals surface area contributed by atoms with E-state index in [1.165, 1.54) is 0 Å². The fraction of sp³-hybridized carbons (Fsp3) is 0.133. The molecule has 0 aliphatic heterocycles. The van der Waals surface area contributed by atoms with Crippen molar-refractivity contribution in [1.82, 2.24) is 0 Å². The first-order chi connectivity index (χ1) is 8.31. The Labute approximate surface area is 101 Å². The van der Waals surface area contributed by atoms with E-state index >= 15 is 0 Å². The van der Waals surface area contributed by atoms with Gasteiger partial charge in [-0.2, -0.15) is 0 Å². The van der Waals surface area contributed by atoms with Crippen LogP contribution >= 0.6 is 0 Å². The summed E-state index contributed by atoms with van der Waals surface area (Å²) in [6, 6.07) is 15.5. The van der Waals surface area contributed by atoms with Crippen LogP contribution in [0.5, 0.6) is 5.75 Å². The van der Waals surface area contributed by atoms with Crippen molar-refractivity contribution in [2.45, 2.75) is 13.5 Å². The fourth-order valence-electron chi connectivity index (χ4n) is 1.67. The summed E-state index contributed by atoms with van der Waals surface area (Å²) < 4.78 is 5.66. The maximum atomic E-state index is 11.0. The minimum atomic E-state index is 0.477. The van der Waals surface area contributed by atoms with E-state index in [0.29, 0.717) is 17.9 Å². The molecule has 0 unspecified atom stereocenters. The number of hydrogen-bond donors (Lipinski definition) is 0. The average molecular weight is 226 g/mol. The zero-order chi connectivity index (χ0) is 12.1. The van der Waals surface area contributed by atoms with Crippen LogP contribution in [0.25, 0.3) is 0 Å². The van der Waals surface area contributed by atoms with Crippen molar-refractivity contribution in [1.29, 1.82) is 0 Å². The Balaban J connectivity index is 2.14. The lowest BCUT2D eigenvalue weighted by atomic mass is 10.1. The van der Waals surface area contributed by atoms with Crippen molar-refractivity contribution in [3.8, 4) is 5.75 Å². The minimum Gasteiger partial charge on any atom is -0.488 e. The zero-order valence-corrected chi connectivity index (χ0v) is 9.72. The number of carbonyl (C=O) groups excluding carboxylic acids is 1. The van der Waals surface area contributed by atoms with Crippen LogP contribution in [0, 0.1) is 6.92 Å². The smallest absolute Gasteiger partial charge is 0.154 e. The second kappa shape index (κ2) is 5.30. The number of aryl methyl sites for hydroxylation is 1. The zero-order valence-electron chi connectivity index (χ0n) is 9.72. The summed E-state index contributed by atoms with van der Waals surface area (Å²) in [5.41, 5.74) is 2.65. The van der Waals surface area contributed by atoms with E-state index in [4.69, 9.17) is 4.74 Å². The summed E-state index contributed by atoms with van der Waals surface area (Å²) in [6.07, 6.45) is 0.843. The van der Waals surface area contributed by atoms with Crippen LogP contribution in [0.3, 0.4) is 0 Å². The third kappa shape index (κ3) is 2.72. The molecule has 0 spiro atoms. The van der Waals surface area contributed by atoms with Gasteiger partial charge in [-0.1, -0.05) is 42.5 Å². The van der Waals surface area contributed by atoms with E-state index < -0.39 is 0 Å². The van der Waals surface area contributed by atoms with Crippen LogP contribution in [0.2, 0.25) is 0 Å². The Morgan fingerprint density at radius 3 is 2.53 bits per heavy atom. The molecule has 2 aromatic rings. The van der Waals surface area contributed by atoms with Gasteiger partial charge in [-0.25, -0.2) is 0 Å². The van der Waals surface area contributed by atoms with Gasteiger partial charge in [0.2, 0.25) is 0 Å². The Hall–Kier alpha value is -2.09. The summed E-state index contributed by atoms with van der Waals surface area (Å²) in [5.74, 6) is 0.642. The number of aldehydes is 1. The Morgan fingerprint density at radius 1 is 1.06 bits per heavy atom. The average Bonchev–Trinajstić information content (AvgIpc) is 2.37. The first-order valence-electron chi connectivity index (χ1n) is 5.53. The second-order valence-electron chi connectivity index (χ2n) is 3.88. The van der Waals surface area contributed by atoms with E-state index in [1.807, 2.05) is 55.5 Å². The molecule has 2 aromatic carbocycles. The summed E-state index contributed by atoms with van der Waals surface area (Å²) in [7, 11) is 0. The van der Waals surface area contributed by atoms with Gasteiger partial charge in [-0.05, 0) is 24.1 Å². The van der Waals surface area contributed by atoms with Gasteiger partial charge in [0.25, 0.3) is 0 Å². The lowest BCUT2D eigenvalue weighted by Crippen LogP contribution is -1.99. The monoisotopic (exact) mass is 226 g/mol. The van der Waals surface area contributed by atoms with Gasteiger partial charge < -0.3 is 4.74 Å². The van der Waals surface area contributed by atoms with Gasteiger partial charge in [-0.3, -0.25) is 4.79 Å². The maximum absolute atomic E-state index is 11.0. The SMILES string of the molecule is Cc1cccc(OCc2ccccc2)c1C=O. The molecule has 0 radical (unpaired) electrons. The first-order valence-corrected chi connectivity index (χ1v) is 5.53. The molecular formula is C15H14O2. The van der Waals surface area contributed by atoms with Gasteiger partial charge in [0.15, 0.2) is 6.29 Å². The minimum absolute atomic E-state index is 0.477. The lowest BCUT2D eigenvalue weighted by Gasteiger charge is -2.09. The molecule has 0 atom stereocenters. The van der Waals surface area contributed by atoms with Gasteiger partial charge in [0, 0.05) is 0 Å². The van der Waals surface area contributed by atoms with Gasteiger partial charge in [-0.15, -0.1) is 0 Å². The quantitative estimate of drug-likeness (QED) is 0.747. The van der Waals surface area contributed by atoms with E-state index in [9.17, 15) is 4.79 Å². The highest BCUT2D eigenvalue weighted by molar-refractivity contribution is 5.81. The lowest BCUT2D eigenvalue weighted by molar-refractivity contribution is 0.111. The number of hydrogen-bond acceptors (Lipinski definition) is 2. The molecule has 0 fully saturated rings. The molecule has 2 nitrogen and oxygen atoms in total. The molecule has 0 N–H and O–H groups in total. The van der Waals surface area contributed by atoms with Crippen LogP contribution in [-0.2, 0) is 6.61 Å². The topological polar surface area (TPSA) is 26.3 Å². The Bertz CT molecular complexity index is 504. The van der Waals surface area contributed by atoms with E-state index in [1.54, 1.807) is 0 Å². The van der Waals surface area contributed by atoms with Crippen LogP contribution in [0.15, 0.2) is 48.5 Å². The first kappa shape index (κ1) is 11.4. The van der Waals surface area contributed by atoms with Crippen molar-refractivity contribution >= 4 is 6.29 Å². The summed E-state index contributed by atoms with van der Waals surface area (Å²) in [6.45, 7) is 2.38. The number of carbonyl (C=O) groups is 1. The van der Waals surface area contributed by atoms with Gasteiger partial charge in [0.1, 0.15) is 12.4 Å². The molecule has 86 valence electrons. The highest BCUT2D eigenvalue weighted by atomic mass is 16.5. The molecule has 0 heterocycles. The molecule has 0 aliphatic rings. The van der Waals surface area contributed by atoms with E-state index in [-0.39, 0.29) is 0 Å². The van der Waals surface area contributed by atoms with Gasteiger partial charge in [0.05, 0.1) is 5.56 Å². The molecule has 0 bridgehead atoms. The normalized spacial score (nSPS) is 9.94. The predicted molar refractivity (Wildman–Crippen MR) is 67.3 cm³/mol. The molecule has 0 amide bonds. The Kier molecular flexibility index (Phi) is 3.55. The number of benzene rings is 2. The summed E-state index contributed by atoms with van der Waals surface area (Å²) >= 11 is 0. The fourth-order valence-corrected chi connectivity index (χ4v) is 1.67. The molecule has 2 rings (SSSR count). The van der Waals surface area contributed by atoms with Crippen molar-refractivity contribution < 1.29 is 9.53 Å². The van der Waals surface area contributed by atoms with Gasteiger partial charge >= 0.3 is 0 Å². The molecule has 0 saturated carbocycles. The second-order valence-corrected chi connectivity index (χ2v) is 3.88. The van der Waals surface area contributed by atoms with E-state index in [2.05, 4.69) is 0 Å². The van der Waals surface area contributed by atoms with Crippen LogP contribution in [-0.4, -0.2) is 6.29 Å². The third-order valence-corrected chi connectivity index (χ3v) is 2.64. The maximum Gasteiger partial charge on any atom is 0.154 e. The molecule has 17 heavy (non-hydrogen) atoms. The number of rotatable bonds is 4. The third-order valence-electron chi connectivity index (χ3n) is 2.64. The molecular weight excluding hydrogens is 212 g/mol. The summed E-state index contributed by atoms with van der Waals surface area (Å²) in [4.78, 5) is 11.0. The van der Waals surface area contributed by atoms with Crippen LogP contribution in [0.4, 0.5) is 0 Å². The van der Waals surface area contributed by atoms with E-state index in [0.717, 1.165) is 17.4 Å². The highest BCUT2D eigenvalue weighted by Crippen LogP contribution is 2.21. The van der Waals surface area contributed by atoms with Crippen molar-refractivity contribution in [3.05, 3.63) is 65.2 Å². The van der Waals surface area contributed by atoms with Crippen molar-refractivity contribution in [2.24, 2.45) is 0 Å². The predicted octanol–water partition coefficient (Wildman–Crippen LogP) is 3.39. The molecule has 0 saturated heterocycles. The number of ether oxygens (including phenoxy) is 1. The van der Waals surface area contributed by atoms with Crippen LogP contribution < -0.4 is 4.74 Å².